The van der Waals surface area contributed by atoms with Crippen LogP contribution in [-0.4, -0.2) is 28.0 Å². The summed E-state index contributed by atoms with van der Waals surface area (Å²) in [5.41, 5.74) is 3.73. The van der Waals surface area contributed by atoms with Crippen molar-refractivity contribution in [3.63, 3.8) is 0 Å². The largest absolute Gasteiger partial charge is 0.497 e. The number of carbonyl (C=O) groups is 1. The van der Waals surface area contributed by atoms with Gasteiger partial charge in [-0.1, -0.05) is 37.2 Å². The molecule has 2 aromatic carbocycles. The van der Waals surface area contributed by atoms with Crippen molar-refractivity contribution in [3.05, 3.63) is 69.7 Å². The second kappa shape index (κ2) is 9.51. The Morgan fingerprint density at radius 3 is 2.53 bits per heavy atom. The fraction of sp³-hybridized carbons (Fsp3) is 0.308. The van der Waals surface area contributed by atoms with Gasteiger partial charge in [-0.15, -0.1) is 0 Å². The summed E-state index contributed by atoms with van der Waals surface area (Å²) in [5.74, 6) is 0.884. The molecule has 2 heterocycles. The van der Waals surface area contributed by atoms with Crippen LogP contribution in [0.5, 0.6) is 5.75 Å². The maximum absolute atomic E-state index is 13.4. The number of nitrogens with zero attached hydrogens (tertiary/aromatic N) is 3. The van der Waals surface area contributed by atoms with Gasteiger partial charge in [-0.3, -0.25) is 9.59 Å². The highest BCUT2D eigenvalue weighted by atomic mass is 16.5. The van der Waals surface area contributed by atoms with Crippen LogP contribution < -0.4 is 15.6 Å². The summed E-state index contributed by atoms with van der Waals surface area (Å²) in [7, 11) is 1.60. The third-order valence-electron chi connectivity index (χ3n) is 6.05. The minimum Gasteiger partial charge on any atom is -0.497 e. The van der Waals surface area contributed by atoms with Gasteiger partial charge in [-0.25, -0.2) is 4.68 Å². The average molecular weight is 461 g/mol. The number of anilines is 1. The number of nitrogens with one attached hydrogen (secondary N) is 1. The van der Waals surface area contributed by atoms with Crippen LogP contribution >= 0.6 is 0 Å². The molecule has 0 aliphatic rings. The highest BCUT2D eigenvalue weighted by molar-refractivity contribution is 5.96. The molecule has 4 aromatic rings. The molecule has 1 N–H and O–H groups in total. The number of aromatic nitrogens is 3. The molecule has 2 aromatic heterocycles. The maximum atomic E-state index is 13.4. The van der Waals surface area contributed by atoms with Gasteiger partial charge in [0.05, 0.1) is 12.5 Å². The van der Waals surface area contributed by atoms with Gasteiger partial charge in [0.1, 0.15) is 23.2 Å². The molecule has 8 nitrogen and oxygen atoms in total. The summed E-state index contributed by atoms with van der Waals surface area (Å²) in [5, 5.41) is 12.2. The van der Waals surface area contributed by atoms with E-state index in [0.29, 0.717) is 29.0 Å². The molecule has 1 amide bonds. The molecule has 0 saturated carbocycles. The molecule has 34 heavy (non-hydrogen) atoms. The van der Waals surface area contributed by atoms with Crippen LogP contribution in [0, 0.1) is 13.8 Å². The first-order chi connectivity index (χ1) is 16.4. The molecular formula is C26H28N4O4. The van der Waals surface area contributed by atoms with Gasteiger partial charge in [0.2, 0.25) is 5.91 Å². The van der Waals surface area contributed by atoms with Crippen LogP contribution in [-0.2, 0) is 11.2 Å². The number of carbonyl (C=O) groups excluding carboxylic acids is 1. The molecule has 0 saturated heterocycles. The Morgan fingerprint density at radius 1 is 1.15 bits per heavy atom. The van der Waals surface area contributed by atoms with Gasteiger partial charge >= 0.3 is 0 Å². The summed E-state index contributed by atoms with van der Waals surface area (Å²) in [6, 6.07) is 12.4. The van der Waals surface area contributed by atoms with Crippen molar-refractivity contribution in [2.45, 2.75) is 46.6 Å². The van der Waals surface area contributed by atoms with Crippen LogP contribution in [0.2, 0.25) is 0 Å². The van der Waals surface area contributed by atoms with E-state index >= 15 is 0 Å². The molecule has 1 atom stereocenters. The van der Waals surface area contributed by atoms with E-state index in [4.69, 9.17) is 9.26 Å². The number of methoxy groups -OCH3 is 1. The van der Waals surface area contributed by atoms with Gasteiger partial charge < -0.3 is 14.6 Å². The lowest BCUT2D eigenvalue weighted by molar-refractivity contribution is -0.119. The van der Waals surface area contributed by atoms with Crippen molar-refractivity contribution < 1.29 is 14.1 Å². The molecule has 1 unspecified atom stereocenters. The van der Waals surface area contributed by atoms with E-state index in [0.717, 1.165) is 28.8 Å². The van der Waals surface area contributed by atoms with Crippen LogP contribution in [0.4, 0.5) is 5.69 Å². The van der Waals surface area contributed by atoms with Crippen molar-refractivity contribution in [2.75, 3.05) is 12.4 Å². The highest BCUT2D eigenvalue weighted by Crippen LogP contribution is 2.30. The lowest BCUT2D eigenvalue weighted by Crippen LogP contribution is -2.35. The standard InChI is InChI=1S/C26H28N4O4/c1-6-17-10-8-9-15(3)22(17)27-25(31)20(7-2)30-26(32)24-21(16(4)34-29-24)23(28-30)18-11-13-19(33-5)14-12-18/h8-14,20H,6-7H2,1-5H3,(H,27,31). The van der Waals surface area contributed by atoms with Crippen molar-refractivity contribution in [3.8, 4) is 17.0 Å². The number of amides is 1. The smallest absolute Gasteiger partial charge is 0.297 e. The number of para-hydroxylation sites is 1. The van der Waals surface area contributed by atoms with E-state index in [1.54, 1.807) is 14.0 Å². The maximum Gasteiger partial charge on any atom is 0.297 e. The lowest BCUT2D eigenvalue weighted by atomic mass is 10.0. The van der Waals surface area contributed by atoms with Gasteiger partial charge in [-0.05, 0) is 62.1 Å². The van der Waals surface area contributed by atoms with Gasteiger partial charge in [0.15, 0.2) is 5.52 Å². The Balaban J connectivity index is 1.83. The Labute approximate surface area is 197 Å². The minimum atomic E-state index is -0.824. The van der Waals surface area contributed by atoms with E-state index in [9.17, 15) is 9.59 Å². The molecule has 4 rings (SSSR count). The monoisotopic (exact) mass is 460 g/mol. The molecule has 176 valence electrons. The Hall–Kier alpha value is -3.94. The predicted molar refractivity (Wildman–Crippen MR) is 131 cm³/mol. The fourth-order valence-corrected chi connectivity index (χ4v) is 4.15. The molecule has 0 aliphatic heterocycles. The zero-order valence-corrected chi connectivity index (χ0v) is 20.0. The number of benzene rings is 2. The van der Waals surface area contributed by atoms with Crippen LogP contribution in [0.1, 0.15) is 43.2 Å². The van der Waals surface area contributed by atoms with E-state index in [-0.39, 0.29) is 11.4 Å². The third kappa shape index (κ3) is 4.07. The Kier molecular flexibility index (Phi) is 6.49. The second-order valence-electron chi connectivity index (χ2n) is 8.17. The summed E-state index contributed by atoms with van der Waals surface area (Å²) in [6.45, 7) is 7.58. The normalized spacial score (nSPS) is 12.0. The molecular weight excluding hydrogens is 432 g/mol. The first-order valence-corrected chi connectivity index (χ1v) is 11.3. The fourth-order valence-electron chi connectivity index (χ4n) is 4.15. The lowest BCUT2D eigenvalue weighted by Gasteiger charge is -2.20. The number of aryl methyl sites for hydroxylation is 3. The van der Waals surface area contributed by atoms with E-state index in [2.05, 4.69) is 15.6 Å². The van der Waals surface area contributed by atoms with Crippen molar-refractivity contribution >= 4 is 22.5 Å². The number of fused-ring (bicyclic) bond motifs is 1. The van der Waals surface area contributed by atoms with Gasteiger partial charge in [0, 0.05) is 11.3 Å². The van der Waals surface area contributed by atoms with Crippen molar-refractivity contribution in [1.29, 1.82) is 0 Å². The van der Waals surface area contributed by atoms with Crippen molar-refractivity contribution in [1.82, 2.24) is 14.9 Å². The van der Waals surface area contributed by atoms with Crippen LogP contribution in [0.3, 0.4) is 0 Å². The second-order valence-corrected chi connectivity index (χ2v) is 8.17. The van der Waals surface area contributed by atoms with Gasteiger partial charge in [-0.2, -0.15) is 5.10 Å². The summed E-state index contributed by atoms with van der Waals surface area (Å²) < 4.78 is 11.8. The quantitative estimate of drug-likeness (QED) is 0.424. The first-order valence-electron chi connectivity index (χ1n) is 11.3. The SMILES string of the molecule is CCc1cccc(C)c1NC(=O)C(CC)n1nc(-c2ccc(OC)cc2)c2c(C)onc2c1=O. The predicted octanol–water partition coefficient (Wildman–Crippen LogP) is 4.83. The van der Waals surface area contributed by atoms with E-state index in [1.807, 2.05) is 63.2 Å². The van der Waals surface area contributed by atoms with Gasteiger partial charge in [0.25, 0.3) is 5.56 Å². The molecule has 0 spiro atoms. The summed E-state index contributed by atoms with van der Waals surface area (Å²) >= 11 is 0. The number of hydrogen-bond acceptors (Lipinski definition) is 6. The zero-order valence-electron chi connectivity index (χ0n) is 20.0. The summed E-state index contributed by atoms with van der Waals surface area (Å²) in [6.07, 6.45) is 1.15. The first kappa shape index (κ1) is 23.2. The minimum absolute atomic E-state index is 0.148. The highest BCUT2D eigenvalue weighted by Gasteiger charge is 2.27. The molecule has 0 radical (unpaired) electrons. The van der Waals surface area contributed by atoms with Crippen molar-refractivity contribution in [2.24, 2.45) is 0 Å². The average Bonchev–Trinajstić information content (AvgIpc) is 3.24. The van der Waals surface area contributed by atoms with E-state index in [1.165, 1.54) is 4.68 Å². The number of hydrogen-bond donors (Lipinski definition) is 1. The summed E-state index contributed by atoms with van der Waals surface area (Å²) in [4.78, 5) is 26.8. The third-order valence-corrected chi connectivity index (χ3v) is 6.05. The molecule has 0 bridgehead atoms. The number of rotatable bonds is 7. The molecule has 8 heteroatoms. The Morgan fingerprint density at radius 2 is 1.88 bits per heavy atom. The van der Waals surface area contributed by atoms with Crippen LogP contribution in [0.15, 0.2) is 51.8 Å². The topological polar surface area (TPSA) is 99.2 Å². The number of ether oxygens (including phenoxy) is 1. The van der Waals surface area contributed by atoms with Crippen LogP contribution in [0.25, 0.3) is 22.2 Å². The molecule has 0 fully saturated rings. The van der Waals surface area contributed by atoms with E-state index < -0.39 is 11.6 Å². The molecule has 0 aliphatic carbocycles. The zero-order chi connectivity index (χ0) is 24.4. The Bertz CT molecular complexity index is 1400.